The van der Waals surface area contributed by atoms with Crippen molar-refractivity contribution in [3.8, 4) is 0 Å². The lowest BCUT2D eigenvalue weighted by molar-refractivity contribution is -0.136. The number of benzene rings is 1. The maximum Gasteiger partial charge on any atom is 0.303 e. The van der Waals surface area contributed by atoms with E-state index in [9.17, 15) is 4.79 Å². The topological polar surface area (TPSA) is 37.3 Å². The molecule has 0 radical (unpaired) electrons. The van der Waals surface area contributed by atoms with E-state index in [0.29, 0.717) is 6.42 Å². The fourth-order valence-electron chi connectivity index (χ4n) is 2.47. The van der Waals surface area contributed by atoms with Crippen LogP contribution in [0, 0.1) is 0 Å². The Hall–Kier alpha value is -1.87. The minimum absolute atomic E-state index is 0.205. The second-order valence-corrected chi connectivity index (χ2v) is 6.89. The van der Waals surface area contributed by atoms with E-state index in [-0.39, 0.29) is 6.42 Å². The smallest absolute Gasteiger partial charge is 0.303 e. The lowest BCUT2D eigenvalue weighted by Crippen LogP contribution is -1.91. The van der Waals surface area contributed by atoms with E-state index in [2.05, 4.69) is 42.5 Å². The molecule has 3 heteroatoms. The molecule has 2 aromatic rings. The van der Waals surface area contributed by atoms with Gasteiger partial charge < -0.3 is 5.11 Å². The number of aryl methyl sites for hydroxylation is 2. The molecule has 0 spiro atoms. The Morgan fingerprint density at radius 2 is 1.78 bits per heavy atom. The highest BCUT2D eigenvalue weighted by molar-refractivity contribution is 7.12. The van der Waals surface area contributed by atoms with Gasteiger partial charge in [0.1, 0.15) is 0 Å². The van der Waals surface area contributed by atoms with Gasteiger partial charge in [0.2, 0.25) is 0 Å². The fourth-order valence-corrected chi connectivity index (χ4v) is 3.46. The van der Waals surface area contributed by atoms with Crippen molar-refractivity contribution in [3.63, 3.8) is 0 Å². The number of hydrogen-bond acceptors (Lipinski definition) is 2. The van der Waals surface area contributed by atoms with Gasteiger partial charge in [-0.3, -0.25) is 4.79 Å². The first kappa shape index (κ1) is 17.5. The Morgan fingerprint density at radius 1 is 1.00 bits per heavy atom. The van der Waals surface area contributed by atoms with Crippen molar-refractivity contribution in [1.82, 2.24) is 0 Å². The summed E-state index contributed by atoms with van der Waals surface area (Å²) in [6.07, 6.45) is 10.8. The number of carboxylic acid groups (broad SMARTS) is 1. The third kappa shape index (κ3) is 7.29. The van der Waals surface area contributed by atoms with Crippen LogP contribution in [0.5, 0.6) is 0 Å². The zero-order valence-electron chi connectivity index (χ0n) is 13.4. The van der Waals surface area contributed by atoms with Gasteiger partial charge in [-0.05, 0) is 55.9 Å². The van der Waals surface area contributed by atoms with Crippen molar-refractivity contribution >= 4 is 23.4 Å². The van der Waals surface area contributed by atoms with Crippen LogP contribution in [-0.4, -0.2) is 11.1 Å². The van der Waals surface area contributed by atoms with Crippen molar-refractivity contribution in [2.45, 2.75) is 44.9 Å². The van der Waals surface area contributed by atoms with Gasteiger partial charge in [0.05, 0.1) is 0 Å². The van der Waals surface area contributed by atoms with E-state index in [4.69, 9.17) is 5.11 Å². The first-order valence-corrected chi connectivity index (χ1v) is 9.06. The molecule has 1 heterocycles. The normalized spacial score (nSPS) is 11.1. The number of aliphatic carboxylic acids is 1. The van der Waals surface area contributed by atoms with E-state index < -0.39 is 5.97 Å². The summed E-state index contributed by atoms with van der Waals surface area (Å²) in [5, 5.41) is 8.60. The molecule has 1 N–H and O–H groups in total. The van der Waals surface area contributed by atoms with Gasteiger partial charge in [-0.2, -0.15) is 0 Å². The second kappa shape index (κ2) is 10.0. The van der Waals surface area contributed by atoms with Crippen LogP contribution in [0.15, 0.2) is 48.5 Å². The Balaban J connectivity index is 1.62. The van der Waals surface area contributed by atoms with Gasteiger partial charge in [-0.1, -0.05) is 42.8 Å². The Morgan fingerprint density at radius 3 is 2.57 bits per heavy atom. The Labute approximate surface area is 142 Å². The molecule has 0 atom stereocenters. The van der Waals surface area contributed by atoms with Gasteiger partial charge in [0.25, 0.3) is 0 Å². The Kier molecular flexibility index (Phi) is 7.61. The van der Waals surface area contributed by atoms with Crippen LogP contribution in [0.25, 0.3) is 6.08 Å². The van der Waals surface area contributed by atoms with E-state index in [1.165, 1.54) is 41.0 Å². The van der Waals surface area contributed by atoms with Gasteiger partial charge in [0.15, 0.2) is 0 Å². The molecule has 2 nitrogen and oxygen atoms in total. The van der Waals surface area contributed by atoms with Crippen LogP contribution in [0.4, 0.5) is 0 Å². The predicted molar refractivity (Wildman–Crippen MR) is 97.9 cm³/mol. The van der Waals surface area contributed by atoms with Crippen molar-refractivity contribution in [1.29, 1.82) is 0 Å². The molecule has 1 aromatic heterocycles. The molecule has 0 amide bonds. The van der Waals surface area contributed by atoms with Crippen molar-refractivity contribution in [2.75, 3.05) is 0 Å². The summed E-state index contributed by atoms with van der Waals surface area (Å²) < 4.78 is 0. The molecular weight excluding hydrogens is 304 g/mol. The zero-order chi connectivity index (χ0) is 16.3. The number of carboxylic acids is 1. The maximum atomic E-state index is 10.4. The Bertz CT molecular complexity index is 614. The van der Waals surface area contributed by atoms with Crippen LogP contribution >= 0.6 is 11.3 Å². The van der Waals surface area contributed by atoms with Gasteiger partial charge in [-0.15, -0.1) is 11.3 Å². The van der Waals surface area contributed by atoms with Gasteiger partial charge in [0, 0.05) is 16.2 Å². The molecular formula is C20H24O2S. The molecule has 0 aliphatic carbocycles. The van der Waals surface area contributed by atoms with Crippen LogP contribution in [-0.2, 0) is 17.6 Å². The molecule has 0 aliphatic rings. The average Bonchev–Trinajstić information content (AvgIpc) is 3.00. The summed E-state index contributed by atoms with van der Waals surface area (Å²) in [6, 6.07) is 15.0. The molecule has 2 rings (SSSR count). The lowest BCUT2D eigenvalue weighted by atomic mass is 10.1. The molecule has 0 unspecified atom stereocenters. The molecule has 0 saturated heterocycles. The zero-order valence-corrected chi connectivity index (χ0v) is 14.2. The predicted octanol–water partition coefficient (Wildman–Crippen LogP) is 5.58. The van der Waals surface area contributed by atoms with Crippen LogP contribution in [0.2, 0.25) is 0 Å². The summed E-state index contributed by atoms with van der Waals surface area (Å²) in [7, 11) is 0. The highest BCUT2D eigenvalue weighted by atomic mass is 32.1. The maximum absolute atomic E-state index is 10.4. The number of thiophene rings is 1. The molecule has 122 valence electrons. The first-order valence-electron chi connectivity index (χ1n) is 8.25. The standard InChI is InChI=1S/C20H24O2S/c21-20(22)14-8-7-13-19-16-15-18(23-19)12-6-2-5-11-17-9-3-1-4-10-17/h1,3-4,7,9-10,13,15-16H,2,5-6,8,11-12,14H2,(H,21,22). The molecule has 0 saturated carbocycles. The van der Waals surface area contributed by atoms with Crippen LogP contribution < -0.4 is 0 Å². The summed E-state index contributed by atoms with van der Waals surface area (Å²) in [6.45, 7) is 0. The number of hydrogen-bond donors (Lipinski definition) is 1. The summed E-state index contributed by atoms with van der Waals surface area (Å²) in [4.78, 5) is 13.1. The number of carbonyl (C=O) groups is 1. The largest absolute Gasteiger partial charge is 0.481 e. The lowest BCUT2D eigenvalue weighted by Gasteiger charge is -2.01. The first-order chi connectivity index (χ1) is 11.2. The molecule has 0 fully saturated rings. The SMILES string of the molecule is O=C(O)CCC=Cc1ccc(CCCCCc2ccccc2)s1. The molecule has 1 aromatic carbocycles. The fraction of sp³-hybridized carbons (Fsp3) is 0.350. The third-order valence-electron chi connectivity index (χ3n) is 3.72. The van der Waals surface area contributed by atoms with Crippen molar-refractivity contribution in [3.05, 3.63) is 63.9 Å². The van der Waals surface area contributed by atoms with Crippen molar-refractivity contribution < 1.29 is 9.90 Å². The van der Waals surface area contributed by atoms with E-state index in [1.54, 1.807) is 0 Å². The molecule has 23 heavy (non-hydrogen) atoms. The summed E-state index contributed by atoms with van der Waals surface area (Å²) >= 11 is 1.81. The quantitative estimate of drug-likeness (QED) is 0.578. The van der Waals surface area contributed by atoms with E-state index in [0.717, 1.165) is 6.42 Å². The third-order valence-corrected chi connectivity index (χ3v) is 4.83. The molecule has 0 bridgehead atoms. The highest BCUT2D eigenvalue weighted by Crippen LogP contribution is 2.20. The number of unbranched alkanes of at least 4 members (excludes halogenated alkanes) is 2. The van der Waals surface area contributed by atoms with Gasteiger partial charge in [-0.25, -0.2) is 0 Å². The van der Waals surface area contributed by atoms with Crippen LogP contribution in [0.3, 0.4) is 0 Å². The van der Waals surface area contributed by atoms with E-state index >= 15 is 0 Å². The van der Waals surface area contributed by atoms with E-state index in [1.807, 2.05) is 23.5 Å². The molecule has 0 aliphatic heterocycles. The average molecular weight is 328 g/mol. The van der Waals surface area contributed by atoms with Crippen molar-refractivity contribution in [2.24, 2.45) is 0 Å². The monoisotopic (exact) mass is 328 g/mol. The summed E-state index contributed by atoms with van der Waals surface area (Å²) in [5.41, 5.74) is 1.43. The van der Waals surface area contributed by atoms with Crippen LogP contribution in [0.1, 0.15) is 47.4 Å². The summed E-state index contributed by atoms with van der Waals surface area (Å²) in [5.74, 6) is -0.739. The minimum Gasteiger partial charge on any atom is -0.481 e. The second-order valence-electron chi connectivity index (χ2n) is 5.69. The number of allylic oxidation sites excluding steroid dienone is 1. The highest BCUT2D eigenvalue weighted by Gasteiger charge is 1.99. The number of rotatable bonds is 10. The minimum atomic E-state index is -0.739. The van der Waals surface area contributed by atoms with Gasteiger partial charge >= 0.3 is 5.97 Å².